The third kappa shape index (κ3) is 8.72. The highest BCUT2D eigenvalue weighted by atomic mass is 35.5. The SMILES string of the molecule is Cn1nc(C(F)(F)C(F)(F)F)c(C(F)(F)F)c1-n1cc(-c2ccc(Cl)c(C(=O)N(COC(=O)O[C@H]3CC[C@@H](OC(=O)/C=C/C(=O)O)CC3)C3(C#N)CC3)c2)cn1. The Balaban J connectivity index is 1.32. The molecule has 0 saturated heterocycles. The number of aryl methyl sites for hydroxylation is 1. The van der Waals surface area contributed by atoms with Crippen molar-refractivity contribution in [2.24, 2.45) is 7.05 Å². The minimum absolute atomic E-state index is 0.0526. The monoisotopic (exact) mass is 822 g/mol. The number of ether oxygens (including phenoxy) is 3. The summed E-state index contributed by atoms with van der Waals surface area (Å²) in [5.74, 6) is -10.3. The van der Waals surface area contributed by atoms with Crippen LogP contribution in [0.25, 0.3) is 16.9 Å². The predicted molar refractivity (Wildman–Crippen MR) is 171 cm³/mol. The van der Waals surface area contributed by atoms with E-state index in [-0.39, 0.29) is 64.9 Å². The van der Waals surface area contributed by atoms with Gasteiger partial charge in [0.2, 0.25) is 0 Å². The Bertz CT molecular complexity index is 2100. The molecule has 5 rings (SSSR count). The van der Waals surface area contributed by atoms with Crippen LogP contribution in [0.15, 0.2) is 42.7 Å². The Morgan fingerprint density at radius 3 is 2.20 bits per heavy atom. The Kier molecular flexibility index (Phi) is 11.4. The van der Waals surface area contributed by atoms with Gasteiger partial charge in [0.1, 0.15) is 23.3 Å². The molecule has 2 aliphatic rings. The first-order chi connectivity index (χ1) is 26.1. The number of nitrogens with zero attached hydrogens (tertiary/aromatic N) is 6. The summed E-state index contributed by atoms with van der Waals surface area (Å²) in [5, 5.41) is 24.9. The molecule has 2 heterocycles. The van der Waals surface area contributed by atoms with E-state index in [1.165, 1.54) is 12.1 Å². The third-order valence-electron chi connectivity index (χ3n) is 8.82. The van der Waals surface area contributed by atoms with Crippen molar-refractivity contribution < 1.29 is 73.6 Å². The van der Waals surface area contributed by atoms with Crippen molar-refractivity contribution in [3.63, 3.8) is 0 Å². The first-order valence-electron chi connectivity index (χ1n) is 16.2. The lowest BCUT2D eigenvalue weighted by Gasteiger charge is -2.29. The van der Waals surface area contributed by atoms with E-state index in [0.717, 1.165) is 29.4 Å². The number of aliphatic carboxylic acids is 1. The molecular formula is C33H27ClF8N6O8. The highest BCUT2D eigenvalue weighted by Gasteiger charge is 2.64. The van der Waals surface area contributed by atoms with Crippen molar-refractivity contribution in [1.29, 1.82) is 5.26 Å². The Morgan fingerprint density at radius 1 is 1.02 bits per heavy atom. The fraction of sp³-hybridized carbons (Fsp3) is 0.424. The Morgan fingerprint density at radius 2 is 1.64 bits per heavy atom. The first-order valence-corrected chi connectivity index (χ1v) is 16.6. The third-order valence-corrected chi connectivity index (χ3v) is 9.15. The molecule has 2 saturated carbocycles. The van der Waals surface area contributed by atoms with Crippen LogP contribution in [0.2, 0.25) is 5.02 Å². The van der Waals surface area contributed by atoms with Gasteiger partial charge in [0.05, 0.1) is 22.9 Å². The minimum atomic E-state index is -6.41. The lowest BCUT2D eigenvalue weighted by atomic mass is 9.95. The number of carboxylic acid groups (broad SMARTS) is 1. The summed E-state index contributed by atoms with van der Waals surface area (Å²) in [7, 11) is 0.715. The normalized spacial score (nSPS) is 18.2. The maximum Gasteiger partial charge on any atom is 0.510 e. The lowest BCUT2D eigenvalue weighted by molar-refractivity contribution is -0.292. The van der Waals surface area contributed by atoms with Gasteiger partial charge in [-0.3, -0.25) is 9.69 Å². The Hall–Kier alpha value is -5.72. The van der Waals surface area contributed by atoms with Gasteiger partial charge in [-0.1, -0.05) is 17.7 Å². The zero-order chi connectivity index (χ0) is 41.4. The van der Waals surface area contributed by atoms with E-state index < -0.39 is 83.8 Å². The van der Waals surface area contributed by atoms with E-state index in [0.29, 0.717) is 17.8 Å². The number of alkyl halides is 8. The maximum absolute atomic E-state index is 14.2. The number of halogens is 9. The minimum Gasteiger partial charge on any atom is -0.478 e. The summed E-state index contributed by atoms with van der Waals surface area (Å²) in [5.41, 5.74) is -6.65. The summed E-state index contributed by atoms with van der Waals surface area (Å²) >= 11 is 6.33. The number of aromatic nitrogens is 4. The number of hydrogen-bond donors (Lipinski definition) is 1. The fourth-order valence-electron chi connectivity index (χ4n) is 5.83. The van der Waals surface area contributed by atoms with Gasteiger partial charge in [0.15, 0.2) is 18.2 Å². The molecule has 300 valence electrons. The fourth-order valence-corrected chi connectivity index (χ4v) is 6.03. The molecule has 1 N–H and O–H groups in total. The van der Waals surface area contributed by atoms with Gasteiger partial charge in [0, 0.05) is 31.0 Å². The van der Waals surface area contributed by atoms with Crippen LogP contribution in [0.4, 0.5) is 39.9 Å². The van der Waals surface area contributed by atoms with E-state index in [9.17, 15) is 59.6 Å². The van der Waals surface area contributed by atoms with Crippen LogP contribution < -0.4 is 0 Å². The first kappa shape index (κ1) is 41.4. The second kappa shape index (κ2) is 15.4. The smallest absolute Gasteiger partial charge is 0.478 e. The number of carbonyl (C=O) groups excluding carboxylic acids is 3. The summed E-state index contributed by atoms with van der Waals surface area (Å²) in [4.78, 5) is 49.7. The van der Waals surface area contributed by atoms with Gasteiger partial charge >= 0.3 is 36.4 Å². The van der Waals surface area contributed by atoms with E-state index >= 15 is 0 Å². The molecule has 3 aromatic rings. The highest BCUT2D eigenvalue weighted by molar-refractivity contribution is 6.34. The molecular weight excluding hydrogens is 796 g/mol. The highest BCUT2D eigenvalue weighted by Crippen LogP contribution is 2.49. The second-order valence-electron chi connectivity index (χ2n) is 12.6. The molecule has 0 bridgehead atoms. The van der Waals surface area contributed by atoms with E-state index in [1.54, 1.807) is 0 Å². The predicted octanol–water partition coefficient (Wildman–Crippen LogP) is 6.70. The summed E-state index contributed by atoms with van der Waals surface area (Å²) in [6, 6.07) is 5.66. The molecule has 1 amide bonds. The number of nitriles is 1. The number of amides is 1. The molecule has 1 aromatic carbocycles. The van der Waals surface area contributed by atoms with Crippen molar-refractivity contribution >= 4 is 35.6 Å². The van der Waals surface area contributed by atoms with E-state index in [1.807, 2.05) is 6.07 Å². The second-order valence-corrected chi connectivity index (χ2v) is 13.0. The van der Waals surface area contributed by atoms with Crippen molar-refractivity contribution in [3.8, 4) is 23.0 Å². The van der Waals surface area contributed by atoms with E-state index in [2.05, 4.69) is 10.2 Å². The molecule has 14 nitrogen and oxygen atoms in total. The van der Waals surface area contributed by atoms with Gasteiger partial charge < -0.3 is 19.3 Å². The molecule has 0 radical (unpaired) electrons. The number of esters is 1. The largest absolute Gasteiger partial charge is 0.510 e. The van der Waals surface area contributed by atoms with Crippen molar-refractivity contribution in [1.82, 2.24) is 24.5 Å². The standard InChI is InChI=1S/C33H27ClF8N6O8/c1-46-27(25(32(37,38)39)26(45-46)31(35,36)33(40,41)42)48-14-18(13-44-48)17-2-7-22(34)21(12-17)28(52)47(30(15-43)10-11-30)16-54-29(53)56-20-5-3-19(4-6-20)55-24(51)9-8-23(49)50/h2,7-9,12-14,19-20H,3-6,10-11,16H2,1H3,(H,49,50)/b9-8+/t19-,20+. The molecule has 0 aliphatic heterocycles. The van der Waals surface area contributed by atoms with Gasteiger partial charge in [-0.05, 0) is 56.2 Å². The lowest BCUT2D eigenvalue weighted by Crippen LogP contribution is -2.44. The van der Waals surface area contributed by atoms with Crippen LogP contribution in [0, 0.1) is 11.3 Å². The van der Waals surface area contributed by atoms with Crippen LogP contribution in [0.1, 0.15) is 60.1 Å². The topological polar surface area (TPSA) is 179 Å². The number of rotatable bonds is 11. The van der Waals surface area contributed by atoms with Crippen molar-refractivity contribution in [2.75, 3.05) is 6.73 Å². The number of hydrogen-bond acceptors (Lipinski definition) is 10. The molecule has 0 atom stereocenters. The summed E-state index contributed by atoms with van der Waals surface area (Å²) in [6.07, 6.45) is -9.95. The summed E-state index contributed by atoms with van der Waals surface area (Å²) < 4.78 is 126. The molecule has 2 fully saturated rings. The van der Waals surface area contributed by atoms with Gasteiger partial charge in [-0.2, -0.15) is 50.6 Å². The average Bonchev–Trinajstić information content (AvgIpc) is 3.58. The molecule has 0 unspecified atom stereocenters. The molecule has 0 spiro atoms. The maximum atomic E-state index is 14.2. The van der Waals surface area contributed by atoms with Gasteiger partial charge in [0.25, 0.3) is 5.91 Å². The van der Waals surface area contributed by atoms with Crippen LogP contribution in [-0.4, -0.2) is 84.2 Å². The molecule has 23 heteroatoms. The van der Waals surface area contributed by atoms with Gasteiger partial charge in [-0.15, -0.1) is 0 Å². The molecule has 56 heavy (non-hydrogen) atoms. The van der Waals surface area contributed by atoms with E-state index in [4.69, 9.17) is 30.9 Å². The van der Waals surface area contributed by atoms with Crippen LogP contribution >= 0.6 is 11.6 Å². The molecule has 2 aliphatic carbocycles. The van der Waals surface area contributed by atoms with Crippen molar-refractivity contribution in [2.45, 2.75) is 74.5 Å². The van der Waals surface area contributed by atoms with Crippen molar-refractivity contribution in [3.05, 3.63) is 64.6 Å². The zero-order valence-corrected chi connectivity index (χ0v) is 29.3. The van der Waals surface area contributed by atoms with Crippen LogP contribution in [0.3, 0.4) is 0 Å². The quantitative estimate of drug-likeness (QED) is 0.0941. The summed E-state index contributed by atoms with van der Waals surface area (Å²) in [6.45, 7) is -0.780. The average molecular weight is 823 g/mol. The van der Waals surface area contributed by atoms with Gasteiger partial charge in [-0.25, -0.2) is 23.7 Å². The van der Waals surface area contributed by atoms with Crippen LogP contribution in [0.5, 0.6) is 0 Å². The molecule has 2 aromatic heterocycles. The van der Waals surface area contributed by atoms with Crippen LogP contribution in [-0.2, 0) is 42.9 Å². The number of carboxylic acids is 1. The number of benzene rings is 1. The zero-order valence-electron chi connectivity index (χ0n) is 28.5. The Labute approximate surface area is 314 Å². The number of carbonyl (C=O) groups is 4.